The van der Waals surface area contributed by atoms with Crippen LogP contribution in [0.15, 0.2) is 18.2 Å². The summed E-state index contributed by atoms with van der Waals surface area (Å²) in [6.07, 6.45) is 10.5. The maximum atomic E-state index is 5.75. The lowest BCUT2D eigenvalue weighted by Gasteiger charge is -2.17. The van der Waals surface area contributed by atoms with Crippen molar-refractivity contribution >= 4 is 0 Å². The predicted molar refractivity (Wildman–Crippen MR) is 87.6 cm³/mol. The monoisotopic (exact) mass is 290 g/mol. The lowest BCUT2D eigenvalue weighted by Crippen LogP contribution is -2.28. The number of hydrogen-bond donors (Lipinski definition) is 2. The zero-order valence-electron chi connectivity index (χ0n) is 13.4. The van der Waals surface area contributed by atoms with Crippen LogP contribution in [0.1, 0.15) is 81.0 Å². The van der Waals surface area contributed by atoms with E-state index >= 15 is 0 Å². The highest BCUT2D eigenvalue weighted by Crippen LogP contribution is 2.26. The minimum Gasteiger partial charge on any atom is -0.372 e. The first-order valence-electron chi connectivity index (χ1n) is 8.50. The molecule has 2 rings (SSSR count). The van der Waals surface area contributed by atoms with Crippen molar-refractivity contribution in [3.05, 3.63) is 34.9 Å². The quantitative estimate of drug-likeness (QED) is 0.382. The average molecular weight is 290 g/mol. The van der Waals surface area contributed by atoms with Crippen molar-refractivity contribution in [2.45, 2.75) is 77.5 Å². The largest absolute Gasteiger partial charge is 0.372 e. The predicted octanol–water partition coefficient (Wildman–Crippen LogP) is 4.36. The molecule has 0 spiro atoms. The minimum absolute atomic E-state index is 0.270. The third-order valence-corrected chi connectivity index (χ3v) is 4.45. The van der Waals surface area contributed by atoms with E-state index in [0.717, 1.165) is 19.6 Å². The average Bonchev–Trinajstić information content (AvgIpc) is 2.97. The normalized spacial score (nSPS) is 15.1. The van der Waals surface area contributed by atoms with Gasteiger partial charge >= 0.3 is 0 Å². The second kappa shape index (κ2) is 9.19. The smallest absolute Gasteiger partial charge is 0.0725 e. The van der Waals surface area contributed by atoms with E-state index in [0.29, 0.717) is 0 Å². The summed E-state index contributed by atoms with van der Waals surface area (Å²) in [6.45, 7) is 3.77. The SMILES string of the molecule is CCCCCCCCCC(NN)c1ccc2c(c1)COC2. The second-order valence-electron chi connectivity index (χ2n) is 6.15. The van der Waals surface area contributed by atoms with Gasteiger partial charge in [-0.15, -0.1) is 0 Å². The Bertz CT molecular complexity index is 420. The Balaban J connectivity index is 1.73. The van der Waals surface area contributed by atoms with E-state index in [2.05, 4.69) is 30.5 Å². The standard InChI is InChI=1S/C18H30N2O/c1-2-3-4-5-6-7-8-9-18(20-19)15-10-11-16-13-21-14-17(16)12-15/h10-12,18,20H,2-9,13-14,19H2,1H3. The number of nitrogens with two attached hydrogens (primary N) is 1. The second-order valence-corrected chi connectivity index (χ2v) is 6.15. The summed E-state index contributed by atoms with van der Waals surface area (Å²) < 4.78 is 5.48. The molecule has 3 heteroatoms. The number of benzene rings is 1. The number of hydrogen-bond acceptors (Lipinski definition) is 3. The van der Waals surface area contributed by atoms with Crippen molar-refractivity contribution in [2.75, 3.05) is 0 Å². The fourth-order valence-electron chi connectivity index (χ4n) is 3.06. The molecule has 1 atom stereocenters. The molecule has 0 aliphatic carbocycles. The molecule has 0 bridgehead atoms. The molecule has 1 aliphatic heterocycles. The Hall–Kier alpha value is -0.900. The molecule has 0 saturated carbocycles. The van der Waals surface area contributed by atoms with Crippen LogP contribution in [-0.4, -0.2) is 0 Å². The molecule has 0 radical (unpaired) electrons. The van der Waals surface area contributed by atoms with Crippen molar-refractivity contribution in [3.8, 4) is 0 Å². The summed E-state index contributed by atoms with van der Waals surface area (Å²) in [6, 6.07) is 6.91. The van der Waals surface area contributed by atoms with Crippen molar-refractivity contribution < 1.29 is 4.74 Å². The Morgan fingerprint density at radius 1 is 1.05 bits per heavy atom. The summed E-state index contributed by atoms with van der Waals surface area (Å²) >= 11 is 0. The van der Waals surface area contributed by atoms with Gasteiger partial charge in [0.15, 0.2) is 0 Å². The Morgan fingerprint density at radius 2 is 1.76 bits per heavy atom. The van der Waals surface area contributed by atoms with E-state index in [4.69, 9.17) is 10.6 Å². The first-order valence-corrected chi connectivity index (χ1v) is 8.50. The van der Waals surface area contributed by atoms with Crippen LogP contribution in [-0.2, 0) is 18.0 Å². The molecule has 1 heterocycles. The molecular weight excluding hydrogens is 260 g/mol. The van der Waals surface area contributed by atoms with Gasteiger partial charge < -0.3 is 4.74 Å². The van der Waals surface area contributed by atoms with Crippen LogP contribution in [0.2, 0.25) is 0 Å². The molecule has 0 aromatic heterocycles. The molecule has 0 saturated heterocycles. The molecule has 1 unspecified atom stereocenters. The maximum absolute atomic E-state index is 5.75. The van der Waals surface area contributed by atoms with Gasteiger partial charge in [-0.25, -0.2) is 0 Å². The van der Waals surface area contributed by atoms with Gasteiger partial charge in [0, 0.05) is 6.04 Å². The zero-order valence-corrected chi connectivity index (χ0v) is 13.4. The fourth-order valence-corrected chi connectivity index (χ4v) is 3.06. The van der Waals surface area contributed by atoms with Crippen LogP contribution in [0.3, 0.4) is 0 Å². The van der Waals surface area contributed by atoms with Gasteiger partial charge in [0.05, 0.1) is 13.2 Å². The van der Waals surface area contributed by atoms with Crippen LogP contribution in [0, 0.1) is 0 Å². The number of hydrazine groups is 1. The summed E-state index contributed by atoms with van der Waals surface area (Å²) in [4.78, 5) is 0. The molecule has 0 amide bonds. The molecule has 0 fully saturated rings. The Kier molecular flexibility index (Phi) is 7.20. The van der Waals surface area contributed by atoms with Crippen molar-refractivity contribution in [3.63, 3.8) is 0 Å². The molecule has 3 nitrogen and oxygen atoms in total. The van der Waals surface area contributed by atoms with Crippen molar-refractivity contribution in [2.24, 2.45) is 5.84 Å². The minimum atomic E-state index is 0.270. The highest BCUT2D eigenvalue weighted by Gasteiger charge is 2.15. The van der Waals surface area contributed by atoms with E-state index in [1.54, 1.807) is 0 Å². The molecule has 1 aromatic rings. The summed E-state index contributed by atoms with van der Waals surface area (Å²) in [5, 5.41) is 0. The molecule has 3 N–H and O–H groups in total. The summed E-state index contributed by atoms with van der Waals surface area (Å²) in [7, 11) is 0. The number of unbranched alkanes of at least 4 members (excludes halogenated alkanes) is 6. The van der Waals surface area contributed by atoms with Gasteiger partial charge in [0.2, 0.25) is 0 Å². The summed E-state index contributed by atoms with van der Waals surface area (Å²) in [5.41, 5.74) is 6.93. The highest BCUT2D eigenvalue weighted by atomic mass is 16.5. The van der Waals surface area contributed by atoms with E-state index in [9.17, 15) is 0 Å². The Morgan fingerprint density at radius 3 is 2.52 bits per heavy atom. The van der Waals surface area contributed by atoms with Gasteiger partial charge in [-0.05, 0) is 23.1 Å². The lowest BCUT2D eigenvalue weighted by atomic mass is 9.97. The van der Waals surface area contributed by atoms with Crippen LogP contribution in [0.25, 0.3) is 0 Å². The number of ether oxygens (including phenoxy) is 1. The number of nitrogens with one attached hydrogen (secondary N) is 1. The summed E-state index contributed by atoms with van der Waals surface area (Å²) in [5.74, 6) is 5.75. The molecule has 118 valence electrons. The van der Waals surface area contributed by atoms with Gasteiger partial charge in [-0.2, -0.15) is 0 Å². The third-order valence-electron chi connectivity index (χ3n) is 4.45. The topological polar surface area (TPSA) is 47.3 Å². The van der Waals surface area contributed by atoms with Gasteiger partial charge in [0.1, 0.15) is 0 Å². The van der Waals surface area contributed by atoms with Gasteiger partial charge in [-0.1, -0.05) is 70.1 Å². The van der Waals surface area contributed by atoms with E-state index in [1.807, 2.05) is 0 Å². The van der Waals surface area contributed by atoms with Gasteiger partial charge in [-0.3, -0.25) is 11.3 Å². The first-order chi connectivity index (χ1) is 10.3. The molecular formula is C18H30N2O. The number of fused-ring (bicyclic) bond motifs is 1. The zero-order chi connectivity index (χ0) is 14.9. The molecule has 21 heavy (non-hydrogen) atoms. The fraction of sp³-hybridized carbons (Fsp3) is 0.667. The van der Waals surface area contributed by atoms with Gasteiger partial charge in [0.25, 0.3) is 0 Å². The van der Waals surface area contributed by atoms with E-state index in [1.165, 1.54) is 61.6 Å². The van der Waals surface area contributed by atoms with Crippen molar-refractivity contribution in [1.82, 2.24) is 5.43 Å². The van der Waals surface area contributed by atoms with Crippen LogP contribution < -0.4 is 11.3 Å². The van der Waals surface area contributed by atoms with E-state index < -0.39 is 0 Å². The highest BCUT2D eigenvalue weighted by molar-refractivity contribution is 5.34. The van der Waals surface area contributed by atoms with E-state index in [-0.39, 0.29) is 6.04 Å². The molecule has 1 aromatic carbocycles. The van der Waals surface area contributed by atoms with Crippen molar-refractivity contribution in [1.29, 1.82) is 0 Å². The maximum Gasteiger partial charge on any atom is 0.0725 e. The lowest BCUT2D eigenvalue weighted by molar-refractivity contribution is 0.134. The van der Waals surface area contributed by atoms with Crippen LogP contribution >= 0.6 is 0 Å². The third kappa shape index (κ3) is 5.10. The van der Waals surface area contributed by atoms with Crippen LogP contribution in [0.5, 0.6) is 0 Å². The first kappa shape index (κ1) is 16.5. The van der Waals surface area contributed by atoms with Crippen LogP contribution in [0.4, 0.5) is 0 Å². The number of rotatable bonds is 10. The Labute approximate surface area is 129 Å². The molecule has 1 aliphatic rings.